The number of benzene rings is 2. The van der Waals surface area contributed by atoms with Crippen LogP contribution in [0, 0.1) is 0 Å². The Kier molecular flexibility index (Phi) is 8.75. The fraction of sp³-hybridized carbons (Fsp3) is 0.333. The van der Waals surface area contributed by atoms with E-state index in [2.05, 4.69) is 76.2 Å². The van der Waals surface area contributed by atoms with Gasteiger partial charge in [-0.2, -0.15) is 5.10 Å². The fourth-order valence-electron chi connectivity index (χ4n) is 3.77. The third kappa shape index (κ3) is 6.46. The zero-order valence-electron chi connectivity index (χ0n) is 17.9. The molecule has 1 atom stereocenters. The summed E-state index contributed by atoms with van der Waals surface area (Å²) in [6.07, 6.45) is 5.99. The van der Waals surface area contributed by atoms with Gasteiger partial charge in [-0.05, 0) is 49.6 Å². The van der Waals surface area contributed by atoms with Gasteiger partial charge in [-0.15, -0.1) is 24.0 Å². The van der Waals surface area contributed by atoms with Crippen LogP contribution in [0.4, 0.5) is 5.69 Å². The first-order valence-electron chi connectivity index (χ1n) is 10.8. The number of para-hydroxylation sites is 2. The average molecular weight is 530 g/mol. The first-order chi connectivity index (χ1) is 14.8. The lowest BCUT2D eigenvalue weighted by molar-refractivity contribution is 0.649. The molecule has 1 aliphatic heterocycles. The smallest absolute Gasteiger partial charge is 0.191 e. The molecule has 0 radical (unpaired) electrons. The molecule has 1 unspecified atom stereocenters. The van der Waals surface area contributed by atoms with Crippen LogP contribution >= 0.6 is 24.0 Å². The molecule has 0 bridgehead atoms. The van der Waals surface area contributed by atoms with Gasteiger partial charge in [0.1, 0.15) is 0 Å². The molecule has 4 rings (SSSR count). The zero-order valence-corrected chi connectivity index (χ0v) is 20.3. The molecule has 0 aliphatic carbocycles. The molecule has 1 fully saturated rings. The van der Waals surface area contributed by atoms with Gasteiger partial charge in [0, 0.05) is 44.1 Å². The van der Waals surface area contributed by atoms with Gasteiger partial charge in [0.05, 0.1) is 11.9 Å². The Morgan fingerprint density at radius 2 is 1.77 bits per heavy atom. The van der Waals surface area contributed by atoms with Crippen LogP contribution in [0.15, 0.2) is 78.0 Å². The van der Waals surface area contributed by atoms with Crippen LogP contribution in [0.25, 0.3) is 5.69 Å². The van der Waals surface area contributed by atoms with E-state index in [-0.39, 0.29) is 24.0 Å². The number of hydrogen-bond donors (Lipinski definition) is 2. The number of halogens is 1. The monoisotopic (exact) mass is 530 g/mol. The number of aliphatic imine (C=N–C) groups is 1. The average Bonchev–Trinajstić information content (AvgIpc) is 3.45. The summed E-state index contributed by atoms with van der Waals surface area (Å²) in [6.45, 7) is 5.75. The van der Waals surface area contributed by atoms with Crippen molar-refractivity contribution >= 4 is 35.6 Å². The molecule has 164 valence electrons. The summed E-state index contributed by atoms with van der Waals surface area (Å²) in [5.74, 6) is 0.896. The Morgan fingerprint density at radius 3 is 2.48 bits per heavy atom. The second kappa shape index (κ2) is 11.7. The van der Waals surface area contributed by atoms with Crippen LogP contribution in [0.1, 0.15) is 18.9 Å². The highest BCUT2D eigenvalue weighted by Gasteiger charge is 2.23. The normalized spacial score (nSPS) is 16.1. The van der Waals surface area contributed by atoms with Crippen LogP contribution in [0.3, 0.4) is 0 Å². The van der Waals surface area contributed by atoms with Crippen LogP contribution < -0.4 is 15.5 Å². The van der Waals surface area contributed by atoms with Crippen molar-refractivity contribution in [1.82, 2.24) is 20.4 Å². The molecule has 7 heteroatoms. The van der Waals surface area contributed by atoms with Gasteiger partial charge in [-0.25, -0.2) is 4.68 Å². The third-order valence-corrected chi connectivity index (χ3v) is 5.32. The molecule has 2 N–H and O–H groups in total. The summed E-state index contributed by atoms with van der Waals surface area (Å²) >= 11 is 0. The number of nitrogens with zero attached hydrogens (tertiary/aromatic N) is 4. The molecular weight excluding hydrogens is 499 g/mol. The summed E-state index contributed by atoms with van der Waals surface area (Å²) in [5.41, 5.74) is 3.56. The number of rotatable bonds is 7. The predicted molar refractivity (Wildman–Crippen MR) is 139 cm³/mol. The molecule has 2 aromatic carbocycles. The van der Waals surface area contributed by atoms with Crippen LogP contribution in [0.2, 0.25) is 0 Å². The molecule has 1 saturated heterocycles. The minimum absolute atomic E-state index is 0. The molecule has 3 aromatic rings. The summed E-state index contributed by atoms with van der Waals surface area (Å²) < 4.78 is 1.92. The quantitative estimate of drug-likeness (QED) is 0.277. The summed E-state index contributed by atoms with van der Waals surface area (Å²) in [4.78, 5) is 7.22. The first kappa shape index (κ1) is 23.1. The second-order valence-electron chi connectivity index (χ2n) is 7.55. The van der Waals surface area contributed by atoms with Crippen molar-refractivity contribution in [2.45, 2.75) is 25.8 Å². The highest BCUT2D eigenvalue weighted by molar-refractivity contribution is 14.0. The van der Waals surface area contributed by atoms with E-state index in [0.29, 0.717) is 6.04 Å². The van der Waals surface area contributed by atoms with E-state index in [1.54, 1.807) is 0 Å². The third-order valence-electron chi connectivity index (χ3n) is 5.32. The van der Waals surface area contributed by atoms with Crippen molar-refractivity contribution in [1.29, 1.82) is 0 Å². The molecule has 6 nitrogen and oxygen atoms in total. The van der Waals surface area contributed by atoms with E-state index in [4.69, 9.17) is 4.99 Å². The highest BCUT2D eigenvalue weighted by atomic mass is 127. The van der Waals surface area contributed by atoms with Gasteiger partial charge in [-0.3, -0.25) is 4.99 Å². The molecule has 0 amide bonds. The topological polar surface area (TPSA) is 57.5 Å². The molecule has 2 heterocycles. The Hall–Kier alpha value is -2.55. The van der Waals surface area contributed by atoms with Gasteiger partial charge in [0.2, 0.25) is 0 Å². The maximum atomic E-state index is 4.79. The highest BCUT2D eigenvalue weighted by Crippen LogP contribution is 2.19. The van der Waals surface area contributed by atoms with E-state index < -0.39 is 0 Å². The van der Waals surface area contributed by atoms with Crippen LogP contribution in [-0.2, 0) is 6.42 Å². The largest absolute Gasteiger partial charge is 0.369 e. The minimum Gasteiger partial charge on any atom is -0.369 e. The number of hydrogen-bond acceptors (Lipinski definition) is 3. The molecule has 1 aromatic heterocycles. The number of nitrogens with one attached hydrogen (secondary N) is 2. The molecule has 0 spiro atoms. The zero-order chi connectivity index (χ0) is 20.6. The molecule has 0 saturated carbocycles. The number of aromatic nitrogens is 2. The van der Waals surface area contributed by atoms with Gasteiger partial charge in [-0.1, -0.05) is 36.4 Å². The lowest BCUT2D eigenvalue weighted by Gasteiger charge is -2.20. The molecule has 31 heavy (non-hydrogen) atoms. The van der Waals surface area contributed by atoms with Crippen molar-refractivity contribution < 1.29 is 0 Å². The number of guanidine groups is 1. The summed E-state index contributed by atoms with van der Waals surface area (Å²) in [7, 11) is 0. The summed E-state index contributed by atoms with van der Waals surface area (Å²) in [6, 6.07) is 21.2. The van der Waals surface area contributed by atoms with E-state index in [9.17, 15) is 0 Å². The molecule has 1 aliphatic rings. The Morgan fingerprint density at radius 1 is 1.06 bits per heavy atom. The standard InChI is InChI=1S/C24H30N6.HI/c1-2-25-24(28-21-14-16-29(19-21)22-9-5-3-6-10-22)26-15-13-20-17-27-30(18-20)23-11-7-4-8-12-23;/h3-12,17-18,21H,2,13-16,19H2,1H3,(H2,25,26,28);1H. The van der Waals surface area contributed by atoms with Crippen LogP contribution in [0.5, 0.6) is 0 Å². The lowest BCUT2D eigenvalue weighted by atomic mass is 10.2. The molecular formula is C24H31IN6. The van der Waals surface area contributed by atoms with E-state index >= 15 is 0 Å². The van der Waals surface area contributed by atoms with Crippen molar-refractivity contribution in [2.75, 3.05) is 31.1 Å². The first-order valence-corrected chi connectivity index (χ1v) is 10.8. The van der Waals surface area contributed by atoms with Crippen LogP contribution in [-0.4, -0.2) is 48.0 Å². The van der Waals surface area contributed by atoms with E-state index in [0.717, 1.165) is 50.7 Å². The van der Waals surface area contributed by atoms with E-state index in [1.807, 2.05) is 29.1 Å². The number of anilines is 1. The van der Waals surface area contributed by atoms with Crippen molar-refractivity contribution in [3.8, 4) is 5.69 Å². The van der Waals surface area contributed by atoms with Crippen molar-refractivity contribution in [3.05, 3.63) is 78.6 Å². The SMILES string of the molecule is CCNC(=NCCc1cnn(-c2ccccc2)c1)NC1CCN(c2ccccc2)C1.I. The van der Waals surface area contributed by atoms with Gasteiger partial charge < -0.3 is 15.5 Å². The van der Waals surface area contributed by atoms with E-state index in [1.165, 1.54) is 11.3 Å². The van der Waals surface area contributed by atoms with Crippen molar-refractivity contribution in [2.24, 2.45) is 4.99 Å². The second-order valence-corrected chi connectivity index (χ2v) is 7.55. The minimum atomic E-state index is 0. The fourth-order valence-corrected chi connectivity index (χ4v) is 3.77. The maximum absolute atomic E-state index is 4.79. The van der Waals surface area contributed by atoms with Gasteiger partial charge in [0.25, 0.3) is 0 Å². The Labute approximate surface area is 201 Å². The lowest BCUT2D eigenvalue weighted by Crippen LogP contribution is -2.44. The van der Waals surface area contributed by atoms with Gasteiger partial charge >= 0.3 is 0 Å². The van der Waals surface area contributed by atoms with Gasteiger partial charge in [0.15, 0.2) is 5.96 Å². The summed E-state index contributed by atoms with van der Waals surface area (Å²) in [5, 5.41) is 11.5. The maximum Gasteiger partial charge on any atom is 0.191 e. The predicted octanol–water partition coefficient (Wildman–Crippen LogP) is 3.87. The Bertz CT molecular complexity index is 941. The van der Waals surface area contributed by atoms with Crippen molar-refractivity contribution in [3.63, 3.8) is 0 Å². The Balaban J connectivity index is 0.00000272.